The number of methoxy groups -OCH3 is 1. The molecular formula is C9H22O3. The minimum absolute atomic E-state index is 0. The van der Waals surface area contributed by atoms with Crippen LogP contribution in [0.1, 0.15) is 21.8 Å². The van der Waals surface area contributed by atoms with Crippen LogP contribution in [0.3, 0.4) is 0 Å². The number of ether oxygens (including phenoxy) is 3. The van der Waals surface area contributed by atoms with Gasteiger partial charge in [0, 0.05) is 7.11 Å². The Morgan fingerprint density at radius 2 is 1.67 bits per heavy atom. The van der Waals surface area contributed by atoms with E-state index in [0.717, 1.165) is 19.8 Å². The molecule has 0 aromatic carbocycles. The normalized spacial score (nSPS) is 28.5. The summed E-state index contributed by atoms with van der Waals surface area (Å²) in [5, 5.41) is 0. The molecule has 0 amide bonds. The molecule has 0 radical (unpaired) electrons. The van der Waals surface area contributed by atoms with E-state index in [0.29, 0.717) is 12.2 Å². The van der Waals surface area contributed by atoms with Gasteiger partial charge in [-0.25, -0.2) is 0 Å². The SMILES string of the molecule is C.C.CC1CO1.COCC1CO1. The van der Waals surface area contributed by atoms with Crippen LogP contribution >= 0.6 is 0 Å². The summed E-state index contributed by atoms with van der Waals surface area (Å²) in [6.45, 7) is 4.70. The maximum atomic E-state index is 4.82. The largest absolute Gasteiger partial charge is 0.382 e. The van der Waals surface area contributed by atoms with Gasteiger partial charge in [0.05, 0.1) is 25.9 Å². The van der Waals surface area contributed by atoms with E-state index >= 15 is 0 Å². The smallest absolute Gasteiger partial charge is 0.104 e. The Balaban J connectivity index is 0. The zero-order valence-electron chi connectivity index (χ0n) is 6.50. The molecule has 2 fully saturated rings. The summed E-state index contributed by atoms with van der Waals surface area (Å²) >= 11 is 0. The van der Waals surface area contributed by atoms with Gasteiger partial charge < -0.3 is 14.2 Å². The maximum Gasteiger partial charge on any atom is 0.104 e. The predicted molar refractivity (Wildman–Crippen MR) is 50.5 cm³/mol. The average molecular weight is 178 g/mol. The van der Waals surface area contributed by atoms with Crippen molar-refractivity contribution in [1.29, 1.82) is 0 Å². The van der Waals surface area contributed by atoms with Gasteiger partial charge in [-0.3, -0.25) is 0 Å². The van der Waals surface area contributed by atoms with Gasteiger partial charge in [-0.1, -0.05) is 14.9 Å². The Labute approximate surface area is 76.0 Å². The zero-order valence-corrected chi connectivity index (χ0v) is 6.50. The van der Waals surface area contributed by atoms with Gasteiger partial charge in [-0.15, -0.1) is 0 Å². The first kappa shape index (κ1) is 14.4. The standard InChI is InChI=1S/C4H8O2.C3H6O.2CH4/c1-5-2-4-3-6-4;1-3-2-4-3;;/h4H,2-3H2,1H3;3H,2H2,1H3;2*1H4. The second kappa shape index (κ2) is 7.53. The van der Waals surface area contributed by atoms with Crippen LogP contribution in [0.25, 0.3) is 0 Å². The van der Waals surface area contributed by atoms with E-state index in [-0.39, 0.29) is 14.9 Å². The first-order chi connectivity index (χ1) is 4.83. The second-order valence-electron chi connectivity index (χ2n) is 2.55. The molecule has 0 bridgehead atoms. The van der Waals surface area contributed by atoms with Crippen LogP contribution in [0, 0.1) is 0 Å². The van der Waals surface area contributed by atoms with E-state index in [2.05, 4.69) is 6.92 Å². The summed E-state index contributed by atoms with van der Waals surface area (Å²) in [6, 6.07) is 0. The lowest BCUT2D eigenvalue weighted by Crippen LogP contribution is -1.94. The van der Waals surface area contributed by atoms with Crippen molar-refractivity contribution < 1.29 is 14.2 Å². The fourth-order valence-electron chi connectivity index (χ4n) is 0.446. The molecule has 0 aromatic heterocycles. The summed E-state index contributed by atoms with van der Waals surface area (Å²) in [4.78, 5) is 0. The highest BCUT2D eigenvalue weighted by Gasteiger charge is 2.21. The highest BCUT2D eigenvalue weighted by atomic mass is 16.6. The van der Waals surface area contributed by atoms with Gasteiger partial charge in [0.2, 0.25) is 0 Å². The Bertz CT molecular complexity index is 87.8. The highest BCUT2D eigenvalue weighted by molar-refractivity contribution is 4.66. The summed E-state index contributed by atoms with van der Waals surface area (Å²) in [5.41, 5.74) is 0. The number of epoxide rings is 2. The lowest BCUT2D eigenvalue weighted by atomic mass is 10.5. The first-order valence-corrected chi connectivity index (χ1v) is 3.55. The molecule has 2 saturated heterocycles. The van der Waals surface area contributed by atoms with Gasteiger partial charge in [0.15, 0.2) is 0 Å². The fourth-order valence-corrected chi connectivity index (χ4v) is 0.446. The van der Waals surface area contributed by atoms with Crippen LogP contribution in [-0.2, 0) is 14.2 Å². The third-order valence-corrected chi connectivity index (χ3v) is 1.25. The van der Waals surface area contributed by atoms with Crippen molar-refractivity contribution in [3.8, 4) is 0 Å². The lowest BCUT2D eigenvalue weighted by molar-refractivity contribution is 0.171. The van der Waals surface area contributed by atoms with Crippen molar-refractivity contribution in [3.05, 3.63) is 0 Å². The van der Waals surface area contributed by atoms with Crippen molar-refractivity contribution in [3.63, 3.8) is 0 Å². The molecule has 0 spiro atoms. The van der Waals surface area contributed by atoms with Crippen molar-refractivity contribution >= 4 is 0 Å². The molecule has 0 aliphatic carbocycles. The molecular weight excluding hydrogens is 156 g/mol. The predicted octanol–water partition coefficient (Wildman–Crippen LogP) is 1.71. The van der Waals surface area contributed by atoms with Crippen LogP contribution in [0.5, 0.6) is 0 Å². The van der Waals surface area contributed by atoms with Gasteiger partial charge in [-0.05, 0) is 6.92 Å². The van der Waals surface area contributed by atoms with Crippen molar-refractivity contribution in [2.24, 2.45) is 0 Å². The monoisotopic (exact) mass is 178 g/mol. The van der Waals surface area contributed by atoms with Crippen molar-refractivity contribution in [2.75, 3.05) is 26.9 Å². The Morgan fingerprint density at radius 3 is 1.75 bits per heavy atom. The highest BCUT2D eigenvalue weighted by Crippen LogP contribution is 2.07. The molecule has 2 unspecified atom stereocenters. The fraction of sp³-hybridized carbons (Fsp3) is 1.00. The second-order valence-corrected chi connectivity index (χ2v) is 2.55. The van der Waals surface area contributed by atoms with E-state index in [1.165, 1.54) is 0 Å². The lowest BCUT2D eigenvalue weighted by Gasteiger charge is -1.84. The van der Waals surface area contributed by atoms with E-state index in [1.807, 2.05) is 0 Å². The maximum absolute atomic E-state index is 4.82. The van der Waals surface area contributed by atoms with E-state index in [1.54, 1.807) is 7.11 Å². The quantitative estimate of drug-likeness (QED) is 0.604. The van der Waals surface area contributed by atoms with Gasteiger partial charge in [0.25, 0.3) is 0 Å². The van der Waals surface area contributed by atoms with Gasteiger partial charge in [0.1, 0.15) is 6.10 Å². The zero-order chi connectivity index (χ0) is 7.40. The summed E-state index contributed by atoms with van der Waals surface area (Å²) < 4.78 is 14.3. The van der Waals surface area contributed by atoms with Crippen LogP contribution in [0.2, 0.25) is 0 Å². The Morgan fingerprint density at radius 1 is 1.25 bits per heavy atom. The summed E-state index contributed by atoms with van der Waals surface area (Å²) in [5.74, 6) is 0. The molecule has 2 atom stereocenters. The van der Waals surface area contributed by atoms with Crippen molar-refractivity contribution in [2.45, 2.75) is 34.0 Å². The van der Waals surface area contributed by atoms with Crippen LogP contribution in [0.4, 0.5) is 0 Å². The molecule has 2 heterocycles. The molecule has 0 aromatic rings. The van der Waals surface area contributed by atoms with Crippen LogP contribution < -0.4 is 0 Å². The molecule has 2 aliphatic heterocycles. The van der Waals surface area contributed by atoms with Gasteiger partial charge in [-0.2, -0.15) is 0 Å². The minimum atomic E-state index is 0. The van der Waals surface area contributed by atoms with Crippen LogP contribution in [-0.4, -0.2) is 39.1 Å². The van der Waals surface area contributed by atoms with Gasteiger partial charge >= 0.3 is 0 Å². The number of hydrogen-bond donors (Lipinski definition) is 0. The topological polar surface area (TPSA) is 34.3 Å². The van der Waals surface area contributed by atoms with E-state index in [4.69, 9.17) is 14.2 Å². The molecule has 2 rings (SSSR count). The first-order valence-electron chi connectivity index (χ1n) is 3.55. The number of rotatable bonds is 2. The third-order valence-electron chi connectivity index (χ3n) is 1.25. The molecule has 12 heavy (non-hydrogen) atoms. The molecule has 3 heteroatoms. The van der Waals surface area contributed by atoms with E-state index in [9.17, 15) is 0 Å². The minimum Gasteiger partial charge on any atom is -0.382 e. The summed E-state index contributed by atoms with van der Waals surface area (Å²) in [6.07, 6.45) is 1.01. The van der Waals surface area contributed by atoms with Crippen LogP contribution in [0.15, 0.2) is 0 Å². The summed E-state index contributed by atoms with van der Waals surface area (Å²) in [7, 11) is 1.68. The molecule has 0 N–H and O–H groups in total. The van der Waals surface area contributed by atoms with Crippen molar-refractivity contribution in [1.82, 2.24) is 0 Å². The molecule has 2 aliphatic rings. The number of hydrogen-bond acceptors (Lipinski definition) is 3. The Kier molecular flexibility index (Phi) is 9.03. The third kappa shape index (κ3) is 9.88. The molecule has 3 nitrogen and oxygen atoms in total. The van der Waals surface area contributed by atoms with E-state index < -0.39 is 0 Å². The average Bonchev–Trinajstić information content (AvgIpc) is 2.68. The molecule has 0 saturated carbocycles. The Hall–Kier alpha value is -0.120. The molecule has 76 valence electrons.